The number of hydrogen-bond donors (Lipinski definition) is 0. The van der Waals surface area contributed by atoms with Crippen LogP contribution in [0.4, 0.5) is 0 Å². The van der Waals surface area contributed by atoms with E-state index in [0.29, 0.717) is 5.92 Å². The normalized spacial score (nSPS) is 8.11. The third kappa shape index (κ3) is 15.5. The van der Waals surface area contributed by atoms with E-state index < -0.39 is 0 Å². The van der Waals surface area contributed by atoms with E-state index in [1.165, 1.54) is 29.5 Å². The van der Waals surface area contributed by atoms with Gasteiger partial charge in [0.25, 0.3) is 0 Å². The first-order chi connectivity index (χ1) is 7.47. The maximum Gasteiger partial charge on any atom is 2.00 e. The Labute approximate surface area is 135 Å². The van der Waals surface area contributed by atoms with Crippen molar-refractivity contribution in [1.82, 2.24) is 0 Å². The first-order valence-corrected chi connectivity index (χ1v) is 6.18. The van der Waals surface area contributed by atoms with Crippen LogP contribution >= 0.6 is 0 Å². The summed E-state index contributed by atoms with van der Waals surface area (Å²) < 4.78 is 0. The molecule has 0 aliphatic heterocycles. The second-order valence-electron chi connectivity index (χ2n) is 4.77. The van der Waals surface area contributed by atoms with Crippen molar-refractivity contribution in [2.45, 2.75) is 53.4 Å². The van der Waals surface area contributed by atoms with Gasteiger partial charge in [-0.15, -0.1) is 6.58 Å². The molecule has 0 heterocycles. The molecule has 1 aromatic carbocycles. The zero-order chi connectivity index (χ0) is 12.6. The minimum absolute atomic E-state index is 0. The predicted molar refractivity (Wildman–Crippen MR) is 87.8 cm³/mol. The molecule has 0 unspecified atom stereocenters. The molecule has 0 radical (unpaired) electrons. The van der Waals surface area contributed by atoms with Gasteiger partial charge in [0.05, 0.1) is 0 Å². The fourth-order valence-corrected chi connectivity index (χ4v) is 1.38. The molecule has 0 N–H and O–H groups in total. The summed E-state index contributed by atoms with van der Waals surface area (Å²) in [4.78, 5) is 0. The first kappa shape index (κ1) is 27.0. The van der Waals surface area contributed by atoms with Crippen LogP contribution in [0.5, 0.6) is 0 Å². The van der Waals surface area contributed by atoms with E-state index in [9.17, 15) is 0 Å². The third-order valence-corrected chi connectivity index (χ3v) is 2.42. The number of rotatable bonds is 3. The zero-order valence-corrected chi connectivity index (χ0v) is 15.6. The molecule has 1 heteroatoms. The number of benzene rings is 1. The maximum absolute atomic E-state index is 3.74. The van der Waals surface area contributed by atoms with Crippen LogP contribution in [0.15, 0.2) is 36.4 Å². The molecule has 0 nitrogen and oxygen atoms in total. The molecule has 0 aliphatic rings. The number of allylic oxidation sites excluding steroid dienone is 1. The van der Waals surface area contributed by atoms with Crippen LogP contribution in [0.1, 0.15) is 57.6 Å². The molecule has 112 valence electrons. The van der Waals surface area contributed by atoms with Gasteiger partial charge in [0.15, 0.2) is 0 Å². The average molecular weight is 350 g/mol. The minimum atomic E-state index is 0. The van der Waals surface area contributed by atoms with Crippen molar-refractivity contribution in [3.05, 3.63) is 62.4 Å². The summed E-state index contributed by atoms with van der Waals surface area (Å²) in [6.07, 6.45) is 2.41. The van der Waals surface area contributed by atoms with E-state index in [1.807, 2.05) is 0 Å². The standard InChI is InChI=1S/C10H14.C6H12.2CH3.Ru/c1-8(2)10-6-4-9(3)5-7-10;1-4-5-6(2)3;;;/h4-8H,1-3H3;2,4-5H2,1,3H3;2*1H3;/q;;2*-1;+2. The van der Waals surface area contributed by atoms with Crippen LogP contribution in [-0.2, 0) is 19.5 Å². The van der Waals surface area contributed by atoms with Crippen LogP contribution in [0.3, 0.4) is 0 Å². The monoisotopic (exact) mass is 350 g/mol. The summed E-state index contributed by atoms with van der Waals surface area (Å²) in [5.74, 6) is 0.653. The smallest absolute Gasteiger partial charge is 0.358 e. The molecular formula is C18H32Ru. The quantitative estimate of drug-likeness (QED) is 0.337. The zero-order valence-electron chi connectivity index (χ0n) is 13.9. The van der Waals surface area contributed by atoms with Crippen molar-refractivity contribution >= 4 is 0 Å². The van der Waals surface area contributed by atoms with Crippen LogP contribution < -0.4 is 0 Å². The largest absolute Gasteiger partial charge is 2.00 e. The van der Waals surface area contributed by atoms with Gasteiger partial charge in [0, 0.05) is 0 Å². The van der Waals surface area contributed by atoms with Crippen molar-refractivity contribution in [3.63, 3.8) is 0 Å². The number of hydrogen-bond acceptors (Lipinski definition) is 0. The van der Waals surface area contributed by atoms with Gasteiger partial charge in [-0.1, -0.05) is 62.6 Å². The maximum atomic E-state index is 3.74. The van der Waals surface area contributed by atoms with Gasteiger partial charge in [-0.2, -0.15) is 0 Å². The molecule has 0 saturated carbocycles. The fourth-order valence-electron chi connectivity index (χ4n) is 1.38. The van der Waals surface area contributed by atoms with Gasteiger partial charge < -0.3 is 14.9 Å². The summed E-state index contributed by atoms with van der Waals surface area (Å²) in [5, 5.41) is 0. The minimum Gasteiger partial charge on any atom is -0.358 e. The molecule has 0 atom stereocenters. The van der Waals surface area contributed by atoms with E-state index in [2.05, 4.69) is 65.5 Å². The van der Waals surface area contributed by atoms with Crippen LogP contribution in [0, 0.1) is 21.8 Å². The summed E-state index contributed by atoms with van der Waals surface area (Å²) >= 11 is 0. The summed E-state index contributed by atoms with van der Waals surface area (Å²) in [7, 11) is 0. The number of aryl methyl sites for hydroxylation is 1. The van der Waals surface area contributed by atoms with Crippen molar-refractivity contribution in [3.8, 4) is 0 Å². The Morgan fingerprint density at radius 2 is 1.53 bits per heavy atom. The average Bonchev–Trinajstić information content (AvgIpc) is 2.19. The molecule has 0 aliphatic carbocycles. The second-order valence-corrected chi connectivity index (χ2v) is 4.77. The second kappa shape index (κ2) is 15.6. The SMILES string of the molecule is C=C(C)CCC.Cc1ccc(C(C)C)cc1.[CH3-].[CH3-].[Ru+2]. The van der Waals surface area contributed by atoms with Crippen LogP contribution in [0.25, 0.3) is 0 Å². The van der Waals surface area contributed by atoms with Crippen LogP contribution in [-0.4, -0.2) is 0 Å². The van der Waals surface area contributed by atoms with Crippen molar-refractivity contribution in [1.29, 1.82) is 0 Å². The molecular weight excluding hydrogens is 317 g/mol. The van der Waals surface area contributed by atoms with Crippen molar-refractivity contribution in [2.24, 2.45) is 0 Å². The Morgan fingerprint density at radius 1 is 1.11 bits per heavy atom. The third-order valence-electron chi connectivity index (χ3n) is 2.42. The van der Waals surface area contributed by atoms with Gasteiger partial charge in [-0.05, 0) is 31.7 Å². The summed E-state index contributed by atoms with van der Waals surface area (Å²) in [6, 6.07) is 8.71. The molecule has 0 bridgehead atoms. The summed E-state index contributed by atoms with van der Waals surface area (Å²) in [6.45, 7) is 14.5. The Kier molecular flexibility index (Phi) is 22.2. The molecule has 0 amide bonds. The van der Waals surface area contributed by atoms with Gasteiger partial charge in [0.1, 0.15) is 0 Å². The molecule has 1 rings (SSSR count). The van der Waals surface area contributed by atoms with E-state index in [-0.39, 0.29) is 34.3 Å². The van der Waals surface area contributed by atoms with E-state index >= 15 is 0 Å². The molecule has 0 aromatic heterocycles. The van der Waals surface area contributed by atoms with E-state index in [1.54, 1.807) is 0 Å². The van der Waals surface area contributed by atoms with Gasteiger partial charge >= 0.3 is 19.5 Å². The van der Waals surface area contributed by atoms with Gasteiger partial charge in [0.2, 0.25) is 0 Å². The molecule has 0 fully saturated rings. The van der Waals surface area contributed by atoms with Crippen molar-refractivity contribution < 1.29 is 19.5 Å². The molecule has 1 aromatic rings. The van der Waals surface area contributed by atoms with Crippen LogP contribution in [0.2, 0.25) is 0 Å². The fraction of sp³-hybridized carbons (Fsp3) is 0.444. The van der Waals surface area contributed by atoms with E-state index in [0.717, 1.165) is 0 Å². The molecule has 0 spiro atoms. The predicted octanol–water partition coefficient (Wildman–Crippen LogP) is 6.38. The Bertz CT molecular complexity index is 296. The Morgan fingerprint density at radius 3 is 1.74 bits per heavy atom. The topological polar surface area (TPSA) is 0 Å². The molecule has 0 saturated heterocycles. The van der Waals surface area contributed by atoms with E-state index in [4.69, 9.17) is 0 Å². The molecule has 19 heavy (non-hydrogen) atoms. The van der Waals surface area contributed by atoms with Gasteiger partial charge in [-0.3, -0.25) is 0 Å². The Balaban J connectivity index is -0.000000112. The first-order valence-electron chi connectivity index (χ1n) is 6.18. The van der Waals surface area contributed by atoms with Crippen molar-refractivity contribution in [2.75, 3.05) is 0 Å². The summed E-state index contributed by atoms with van der Waals surface area (Å²) in [5.41, 5.74) is 4.05. The Hall–Kier alpha value is -0.417. The van der Waals surface area contributed by atoms with Gasteiger partial charge in [-0.25, -0.2) is 0 Å².